The van der Waals surface area contributed by atoms with Gasteiger partial charge in [0.25, 0.3) is 0 Å². The molecule has 0 heterocycles. The number of amides is 1. The smallest absolute Gasteiger partial charge is 0.221 e. The van der Waals surface area contributed by atoms with Gasteiger partial charge in [-0.25, -0.2) is 4.39 Å². The highest BCUT2D eigenvalue weighted by atomic mass is 19.1. The highest BCUT2D eigenvalue weighted by Crippen LogP contribution is 2.37. The lowest BCUT2D eigenvalue weighted by atomic mass is 9.75. The molecule has 0 bridgehead atoms. The molecule has 1 aliphatic carbocycles. The molecule has 1 fully saturated rings. The third-order valence-electron chi connectivity index (χ3n) is 3.55. The van der Waals surface area contributed by atoms with Crippen LogP contribution in [-0.4, -0.2) is 25.5 Å². The van der Waals surface area contributed by atoms with Crippen LogP contribution in [0.1, 0.15) is 30.7 Å². The Morgan fingerprint density at radius 2 is 2.11 bits per heavy atom. The van der Waals surface area contributed by atoms with E-state index in [1.807, 2.05) is 12.1 Å². The minimum atomic E-state index is -0.105. The number of halogens is 1. The van der Waals surface area contributed by atoms with Gasteiger partial charge in [0, 0.05) is 26.1 Å². The molecule has 98 valence electrons. The van der Waals surface area contributed by atoms with E-state index in [1.54, 1.807) is 13.1 Å². The molecule has 1 aromatic rings. The molecule has 0 saturated heterocycles. The Hall–Kier alpha value is -1.42. The molecular weight excluding hydrogens is 231 g/mol. The van der Waals surface area contributed by atoms with Crippen molar-refractivity contribution in [2.75, 3.05) is 13.6 Å². The Labute approximate surface area is 107 Å². The summed E-state index contributed by atoms with van der Waals surface area (Å²) in [5, 5.41) is 5.91. The fourth-order valence-corrected chi connectivity index (χ4v) is 2.36. The minimum Gasteiger partial charge on any atom is -0.359 e. The normalized spacial score (nSPS) is 22.3. The number of rotatable bonds is 5. The Bertz CT molecular complexity index is 416. The van der Waals surface area contributed by atoms with Crippen molar-refractivity contribution < 1.29 is 9.18 Å². The van der Waals surface area contributed by atoms with Crippen molar-refractivity contribution in [1.82, 2.24) is 10.6 Å². The van der Waals surface area contributed by atoms with Crippen molar-refractivity contribution in [3.63, 3.8) is 0 Å². The second kappa shape index (κ2) is 5.96. The quantitative estimate of drug-likeness (QED) is 0.836. The fourth-order valence-electron chi connectivity index (χ4n) is 2.36. The number of benzene rings is 1. The predicted octanol–water partition coefficient (Wildman–Crippen LogP) is 1.80. The monoisotopic (exact) mass is 250 g/mol. The third-order valence-corrected chi connectivity index (χ3v) is 3.55. The van der Waals surface area contributed by atoms with Crippen LogP contribution in [0.2, 0.25) is 0 Å². The van der Waals surface area contributed by atoms with Gasteiger partial charge in [0.05, 0.1) is 0 Å². The maximum absolute atomic E-state index is 13.5. The first-order chi connectivity index (χ1) is 8.70. The molecule has 0 unspecified atom stereocenters. The average molecular weight is 250 g/mol. The summed E-state index contributed by atoms with van der Waals surface area (Å²) in [7, 11) is 1.64. The molecule has 1 saturated carbocycles. The molecule has 0 atom stereocenters. The first-order valence-corrected chi connectivity index (χ1v) is 6.39. The molecule has 0 radical (unpaired) electrons. The summed E-state index contributed by atoms with van der Waals surface area (Å²) in [6, 6.07) is 7.39. The lowest BCUT2D eigenvalue weighted by Crippen LogP contribution is -2.41. The summed E-state index contributed by atoms with van der Waals surface area (Å²) in [5.74, 6) is 0.266. The van der Waals surface area contributed by atoms with Gasteiger partial charge in [-0.15, -0.1) is 0 Å². The summed E-state index contributed by atoms with van der Waals surface area (Å²) < 4.78 is 13.5. The van der Waals surface area contributed by atoms with Crippen LogP contribution < -0.4 is 10.6 Å². The summed E-state index contributed by atoms with van der Waals surface area (Å²) >= 11 is 0. The van der Waals surface area contributed by atoms with Crippen molar-refractivity contribution >= 4 is 5.91 Å². The van der Waals surface area contributed by atoms with Gasteiger partial charge < -0.3 is 10.6 Å². The highest BCUT2D eigenvalue weighted by Gasteiger charge is 2.31. The number of hydrogen-bond acceptors (Lipinski definition) is 2. The van der Waals surface area contributed by atoms with Crippen LogP contribution in [0.5, 0.6) is 0 Å². The van der Waals surface area contributed by atoms with Gasteiger partial charge in [-0.05, 0) is 30.4 Å². The first-order valence-electron chi connectivity index (χ1n) is 6.39. The van der Waals surface area contributed by atoms with Gasteiger partial charge in [0.2, 0.25) is 5.91 Å². The van der Waals surface area contributed by atoms with Crippen LogP contribution in [0.25, 0.3) is 0 Å². The Morgan fingerprint density at radius 3 is 2.78 bits per heavy atom. The van der Waals surface area contributed by atoms with Crippen LogP contribution in [0.3, 0.4) is 0 Å². The molecule has 0 spiro atoms. The van der Waals surface area contributed by atoms with E-state index in [1.165, 1.54) is 6.07 Å². The van der Waals surface area contributed by atoms with E-state index in [2.05, 4.69) is 10.6 Å². The van der Waals surface area contributed by atoms with Gasteiger partial charge in [0.15, 0.2) is 0 Å². The van der Waals surface area contributed by atoms with Crippen molar-refractivity contribution in [2.24, 2.45) is 0 Å². The largest absolute Gasteiger partial charge is 0.359 e. The van der Waals surface area contributed by atoms with Gasteiger partial charge in [0.1, 0.15) is 5.82 Å². The second-order valence-corrected chi connectivity index (χ2v) is 4.76. The van der Waals surface area contributed by atoms with E-state index in [4.69, 9.17) is 0 Å². The van der Waals surface area contributed by atoms with Crippen LogP contribution in [-0.2, 0) is 4.79 Å². The van der Waals surface area contributed by atoms with Crippen molar-refractivity contribution in [1.29, 1.82) is 0 Å². The average Bonchev–Trinajstić information content (AvgIpc) is 2.33. The topological polar surface area (TPSA) is 41.1 Å². The molecule has 3 nitrogen and oxygen atoms in total. The molecule has 0 aliphatic heterocycles. The molecule has 18 heavy (non-hydrogen) atoms. The Morgan fingerprint density at radius 1 is 1.39 bits per heavy atom. The number of nitrogens with one attached hydrogen (secondary N) is 2. The molecule has 1 aliphatic rings. The van der Waals surface area contributed by atoms with Gasteiger partial charge in [-0.3, -0.25) is 4.79 Å². The van der Waals surface area contributed by atoms with Gasteiger partial charge >= 0.3 is 0 Å². The number of hydrogen-bond donors (Lipinski definition) is 2. The van der Waals surface area contributed by atoms with Gasteiger partial charge in [-0.2, -0.15) is 0 Å². The highest BCUT2D eigenvalue weighted by molar-refractivity contribution is 5.75. The van der Waals surface area contributed by atoms with E-state index in [9.17, 15) is 9.18 Å². The zero-order chi connectivity index (χ0) is 13.0. The fraction of sp³-hybridized carbons (Fsp3) is 0.500. The Kier molecular flexibility index (Phi) is 4.31. The standard InChI is InChI=1S/C14H19FN2O/c1-16-14(18)6-7-17-11-8-10(9-11)12-4-2-3-5-13(12)15/h2-5,10-11,17H,6-9H2,1H3,(H,16,18). The van der Waals surface area contributed by atoms with Crippen LogP contribution >= 0.6 is 0 Å². The molecule has 4 heteroatoms. The van der Waals surface area contributed by atoms with Crippen molar-refractivity contribution in [3.8, 4) is 0 Å². The van der Waals surface area contributed by atoms with Crippen LogP contribution in [0, 0.1) is 5.82 Å². The zero-order valence-corrected chi connectivity index (χ0v) is 10.6. The SMILES string of the molecule is CNC(=O)CCNC1CC(c2ccccc2F)C1. The minimum absolute atomic E-state index is 0.0486. The lowest BCUT2D eigenvalue weighted by molar-refractivity contribution is -0.120. The number of carbonyl (C=O) groups is 1. The lowest BCUT2D eigenvalue weighted by Gasteiger charge is -2.36. The summed E-state index contributed by atoms with van der Waals surface area (Å²) in [4.78, 5) is 11.0. The molecule has 2 N–H and O–H groups in total. The molecule has 1 amide bonds. The number of carbonyl (C=O) groups excluding carboxylic acids is 1. The molecule has 2 rings (SSSR count). The van der Waals surface area contributed by atoms with Crippen molar-refractivity contribution in [2.45, 2.75) is 31.2 Å². The molecular formula is C14H19FN2O. The maximum Gasteiger partial charge on any atom is 0.221 e. The molecule has 0 aromatic heterocycles. The zero-order valence-electron chi connectivity index (χ0n) is 10.6. The first kappa shape index (κ1) is 13.0. The van der Waals surface area contributed by atoms with Crippen molar-refractivity contribution in [3.05, 3.63) is 35.6 Å². The maximum atomic E-state index is 13.5. The van der Waals surface area contributed by atoms with Crippen LogP contribution in [0.4, 0.5) is 4.39 Å². The molecule has 1 aromatic carbocycles. The van der Waals surface area contributed by atoms with E-state index in [-0.39, 0.29) is 11.7 Å². The summed E-state index contributed by atoms with van der Waals surface area (Å²) in [5.41, 5.74) is 0.821. The second-order valence-electron chi connectivity index (χ2n) is 4.76. The van der Waals surface area contributed by atoms with E-state index in [0.717, 1.165) is 18.4 Å². The van der Waals surface area contributed by atoms with E-state index < -0.39 is 0 Å². The summed E-state index contributed by atoms with van der Waals surface area (Å²) in [6.07, 6.45) is 2.40. The van der Waals surface area contributed by atoms with E-state index >= 15 is 0 Å². The van der Waals surface area contributed by atoms with E-state index in [0.29, 0.717) is 24.9 Å². The van der Waals surface area contributed by atoms with Gasteiger partial charge in [-0.1, -0.05) is 18.2 Å². The predicted molar refractivity (Wildman–Crippen MR) is 68.8 cm³/mol. The Balaban J connectivity index is 1.71. The van der Waals surface area contributed by atoms with Crippen LogP contribution in [0.15, 0.2) is 24.3 Å². The third kappa shape index (κ3) is 3.07. The summed E-state index contributed by atoms with van der Waals surface area (Å²) in [6.45, 7) is 0.689.